The molecule has 0 spiro atoms. The topological polar surface area (TPSA) is 43.8 Å². The Morgan fingerprint density at radius 3 is 2.15 bits per heavy atom. The summed E-state index contributed by atoms with van der Waals surface area (Å²) >= 11 is 0. The van der Waals surface area contributed by atoms with Gasteiger partial charge in [0.05, 0.1) is 5.69 Å². The van der Waals surface area contributed by atoms with E-state index in [2.05, 4.69) is 32.7 Å². The molecule has 3 nitrogen and oxygen atoms in total. The Morgan fingerprint density at radius 1 is 1.38 bits per heavy atom. The van der Waals surface area contributed by atoms with Gasteiger partial charge in [-0.15, -0.1) is 0 Å². The van der Waals surface area contributed by atoms with Crippen LogP contribution >= 0.6 is 0 Å². The van der Waals surface area contributed by atoms with E-state index in [-0.39, 0.29) is 5.41 Å². The van der Waals surface area contributed by atoms with Crippen LogP contribution in [0.25, 0.3) is 0 Å². The number of hydrogen-bond donors (Lipinski definition) is 1. The second-order valence-corrected chi connectivity index (χ2v) is 4.39. The molecule has 0 saturated carbocycles. The number of nitrogens with zero attached hydrogens (tertiary/aromatic N) is 2. The van der Waals surface area contributed by atoms with Crippen molar-refractivity contribution in [1.82, 2.24) is 9.55 Å². The molecule has 0 aromatic carbocycles. The highest BCUT2D eigenvalue weighted by Crippen LogP contribution is 2.27. The summed E-state index contributed by atoms with van der Waals surface area (Å²) in [5, 5.41) is 0. The molecule has 0 bridgehead atoms. The van der Waals surface area contributed by atoms with Crippen LogP contribution in [0.2, 0.25) is 0 Å². The molecule has 0 amide bonds. The molecule has 3 heteroatoms. The lowest BCUT2D eigenvalue weighted by molar-refractivity contribution is 0.573. The maximum atomic E-state index is 6.00. The van der Waals surface area contributed by atoms with Gasteiger partial charge >= 0.3 is 0 Å². The first kappa shape index (κ1) is 10.1. The normalized spacial score (nSPS) is 12.1. The fraction of sp³-hybridized carbons (Fsp3) is 0.700. The molecule has 74 valence electrons. The van der Waals surface area contributed by atoms with Gasteiger partial charge in [0.15, 0.2) is 0 Å². The Labute approximate surface area is 80.0 Å². The van der Waals surface area contributed by atoms with E-state index in [0.717, 1.165) is 23.9 Å². The number of hydrogen-bond acceptors (Lipinski definition) is 2. The van der Waals surface area contributed by atoms with Crippen molar-refractivity contribution in [2.45, 2.75) is 46.6 Å². The van der Waals surface area contributed by atoms with Crippen LogP contribution in [0.5, 0.6) is 0 Å². The predicted molar refractivity (Wildman–Crippen MR) is 55.8 cm³/mol. The van der Waals surface area contributed by atoms with Crippen molar-refractivity contribution in [2.24, 2.45) is 0 Å². The van der Waals surface area contributed by atoms with Gasteiger partial charge in [0.2, 0.25) is 0 Å². The Morgan fingerprint density at radius 2 is 1.92 bits per heavy atom. The largest absolute Gasteiger partial charge is 0.384 e. The van der Waals surface area contributed by atoms with Crippen molar-refractivity contribution in [1.29, 1.82) is 0 Å². The molecule has 0 radical (unpaired) electrons. The third kappa shape index (κ3) is 1.69. The molecule has 1 rings (SSSR count). The van der Waals surface area contributed by atoms with E-state index in [0.29, 0.717) is 0 Å². The quantitative estimate of drug-likeness (QED) is 0.721. The Kier molecular flexibility index (Phi) is 2.37. The van der Waals surface area contributed by atoms with Crippen LogP contribution in [-0.2, 0) is 12.0 Å². The summed E-state index contributed by atoms with van der Waals surface area (Å²) in [6.45, 7) is 11.4. The lowest BCUT2D eigenvalue weighted by Crippen LogP contribution is -2.15. The monoisotopic (exact) mass is 181 g/mol. The van der Waals surface area contributed by atoms with E-state index in [1.54, 1.807) is 0 Å². The number of rotatable bonds is 1. The third-order valence-corrected chi connectivity index (χ3v) is 2.22. The van der Waals surface area contributed by atoms with E-state index in [1.807, 2.05) is 11.5 Å². The number of nitrogens with two attached hydrogens (primary N) is 1. The number of imidazole rings is 1. The Bertz CT molecular complexity index is 305. The Hall–Kier alpha value is -0.990. The van der Waals surface area contributed by atoms with Crippen LogP contribution in [0.15, 0.2) is 0 Å². The zero-order valence-corrected chi connectivity index (χ0v) is 9.18. The molecule has 0 fully saturated rings. The molecule has 0 aliphatic rings. The minimum Gasteiger partial charge on any atom is -0.384 e. The van der Waals surface area contributed by atoms with Crippen LogP contribution < -0.4 is 5.73 Å². The van der Waals surface area contributed by atoms with Crippen molar-refractivity contribution in [3.8, 4) is 0 Å². The SMILES string of the molecule is CCn1c(C)nc(C(C)(C)C)c1N. The van der Waals surface area contributed by atoms with E-state index < -0.39 is 0 Å². The molecule has 2 N–H and O–H groups in total. The van der Waals surface area contributed by atoms with E-state index >= 15 is 0 Å². The average molecular weight is 181 g/mol. The first-order valence-electron chi connectivity index (χ1n) is 4.71. The summed E-state index contributed by atoms with van der Waals surface area (Å²) in [5.41, 5.74) is 7.04. The lowest BCUT2D eigenvalue weighted by atomic mass is 9.92. The van der Waals surface area contributed by atoms with Gasteiger partial charge in [-0.05, 0) is 13.8 Å². The van der Waals surface area contributed by atoms with Crippen LogP contribution in [-0.4, -0.2) is 9.55 Å². The van der Waals surface area contributed by atoms with Gasteiger partial charge in [-0.25, -0.2) is 4.98 Å². The molecule has 1 heterocycles. The fourth-order valence-electron chi connectivity index (χ4n) is 1.53. The van der Waals surface area contributed by atoms with E-state index in [9.17, 15) is 0 Å². The predicted octanol–water partition coefficient (Wildman–Crippen LogP) is 2.09. The highest BCUT2D eigenvalue weighted by molar-refractivity contribution is 5.42. The standard InChI is InChI=1S/C10H19N3/c1-6-13-7(2)12-8(9(13)11)10(3,4)5/h6,11H2,1-5H3. The molecule has 0 aliphatic carbocycles. The van der Waals surface area contributed by atoms with Gasteiger partial charge in [-0.3, -0.25) is 0 Å². The minimum atomic E-state index is 0.0370. The molecule has 0 atom stereocenters. The zero-order valence-electron chi connectivity index (χ0n) is 9.18. The number of anilines is 1. The lowest BCUT2D eigenvalue weighted by Gasteiger charge is -2.16. The molecule has 13 heavy (non-hydrogen) atoms. The average Bonchev–Trinajstić information content (AvgIpc) is 2.25. The third-order valence-electron chi connectivity index (χ3n) is 2.22. The zero-order chi connectivity index (χ0) is 10.2. The van der Waals surface area contributed by atoms with Crippen molar-refractivity contribution in [3.63, 3.8) is 0 Å². The molecule has 1 aromatic heterocycles. The van der Waals surface area contributed by atoms with Gasteiger partial charge in [-0.1, -0.05) is 20.8 Å². The highest BCUT2D eigenvalue weighted by Gasteiger charge is 2.22. The summed E-state index contributed by atoms with van der Waals surface area (Å²) in [7, 11) is 0. The van der Waals surface area contributed by atoms with Crippen LogP contribution in [0.1, 0.15) is 39.2 Å². The molecular formula is C10H19N3. The van der Waals surface area contributed by atoms with Gasteiger partial charge in [0.1, 0.15) is 11.6 Å². The Balaban J connectivity index is 3.26. The van der Waals surface area contributed by atoms with Crippen molar-refractivity contribution >= 4 is 5.82 Å². The van der Waals surface area contributed by atoms with Crippen molar-refractivity contribution in [2.75, 3.05) is 5.73 Å². The minimum absolute atomic E-state index is 0.0370. The summed E-state index contributed by atoms with van der Waals surface area (Å²) in [6, 6.07) is 0. The molecule has 0 aliphatic heterocycles. The molecular weight excluding hydrogens is 162 g/mol. The molecule has 0 unspecified atom stereocenters. The van der Waals surface area contributed by atoms with Gasteiger partial charge in [0, 0.05) is 12.0 Å². The van der Waals surface area contributed by atoms with E-state index in [4.69, 9.17) is 5.73 Å². The number of aryl methyl sites for hydroxylation is 1. The maximum Gasteiger partial charge on any atom is 0.127 e. The van der Waals surface area contributed by atoms with Gasteiger partial charge in [0.25, 0.3) is 0 Å². The summed E-state index contributed by atoms with van der Waals surface area (Å²) < 4.78 is 2.04. The summed E-state index contributed by atoms with van der Waals surface area (Å²) in [5.74, 6) is 1.82. The first-order valence-corrected chi connectivity index (χ1v) is 4.71. The van der Waals surface area contributed by atoms with Gasteiger partial charge in [-0.2, -0.15) is 0 Å². The van der Waals surface area contributed by atoms with Crippen molar-refractivity contribution < 1.29 is 0 Å². The van der Waals surface area contributed by atoms with Crippen LogP contribution in [0.4, 0.5) is 5.82 Å². The number of nitrogen functional groups attached to an aromatic ring is 1. The molecule has 0 saturated heterocycles. The smallest absolute Gasteiger partial charge is 0.127 e. The number of aromatic nitrogens is 2. The second kappa shape index (κ2) is 3.05. The fourth-order valence-corrected chi connectivity index (χ4v) is 1.53. The maximum absolute atomic E-state index is 6.00. The summed E-state index contributed by atoms with van der Waals surface area (Å²) in [6.07, 6.45) is 0. The second-order valence-electron chi connectivity index (χ2n) is 4.39. The van der Waals surface area contributed by atoms with Gasteiger partial charge < -0.3 is 10.3 Å². The highest BCUT2D eigenvalue weighted by atomic mass is 15.1. The van der Waals surface area contributed by atoms with E-state index in [1.165, 1.54) is 0 Å². The first-order chi connectivity index (χ1) is 5.88. The molecule has 1 aromatic rings. The van der Waals surface area contributed by atoms with Crippen LogP contribution in [0.3, 0.4) is 0 Å². The summed E-state index contributed by atoms with van der Waals surface area (Å²) in [4.78, 5) is 4.49. The van der Waals surface area contributed by atoms with Crippen molar-refractivity contribution in [3.05, 3.63) is 11.5 Å². The van der Waals surface area contributed by atoms with Crippen LogP contribution in [0, 0.1) is 6.92 Å².